The SMILES string of the molecule is O=C(NCc1ccccn1)[C@@H]1CCCO1. The van der Waals surface area contributed by atoms with Crippen molar-refractivity contribution in [3.63, 3.8) is 0 Å². The van der Waals surface area contributed by atoms with Crippen molar-refractivity contribution in [1.29, 1.82) is 0 Å². The van der Waals surface area contributed by atoms with E-state index >= 15 is 0 Å². The van der Waals surface area contributed by atoms with E-state index in [1.165, 1.54) is 0 Å². The summed E-state index contributed by atoms with van der Waals surface area (Å²) in [5.74, 6) is -0.0295. The second-order valence-corrected chi connectivity index (χ2v) is 3.54. The molecule has 0 bridgehead atoms. The van der Waals surface area contributed by atoms with Crippen molar-refractivity contribution in [3.05, 3.63) is 30.1 Å². The number of pyridine rings is 1. The number of rotatable bonds is 3. The van der Waals surface area contributed by atoms with E-state index in [9.17, 15) is 4.79 Å². The zero-order valence-corrected chi connectivity index (χ0v) is 8.48. The number of ether oxygens (including phenoxy) is 1. The van der Waals surface area contributed by atoms with E-state index in [2.05, 4.69) is 10.3 Å². The molecule has 0 unspecified atom stereocenters. The van der Waals surface area contributed by atoms with Crippen molar-refractivity contribution in [2.24, 2.45) is 0 Å². The number of nitrogens with one attached hydrogen (secondary N) is 1. The zero-order chi connectivity index (χ0) is 10.5. The first-order valence-corrected chi connectivity index (χ1v) is 5.15. The molecule has 0 spiro atoms. The van der Waals surface area contributed by atoms with Crippen molar-refractivity contribution in [3.8, 4) is 0 Å². The van der Waals surface area contributed by atoms with Crippen LogP contribution in [0.5, 0.6) is 0 Å². The van der Waals surface area contributed by atoms with Crippen LogP contribution >= 0.6 is 0 Å². The summed E-state index contributed by atoms with van der Waals surface area (Å²) in [6.07, 6.45) is 3.26. The molecule has 1 aromatic heterocycles. The highest BCUT2D eigenvalue weighted by atomic mass is 16.5. The van der Waals surface area contributed by atoms with Crippen molar-refractivity contribution in [2.75, 3.05) is 6.61 Å². The summed E-state index contributed by atoms with van der Waals surface area (Å²) in [7, 11) is 0. The first kappa shape index (κ1) is 10.1. The maximum Gasteiger partial charge on any atom is 0.249 e. The molecular weight excluding hydrogens is 192 g/mol. The standard InChI is InChI=1S/C11H14N2O2/c14-11(10-5-3-7-15-10)13-8-9-4-1-2-6-12-9/h1-2,4,6,10H,3,5,7-8H2,(H,13,14)/t10-/m0/s1. The van der Waals surface area contributed by atoms with Crippen LogP contribution in [0.1, 0.15) is 18.5 Å². The van der Waals surface area contributed by atoms with Crippen molar-refractivity contribution in [2.45, 2.75) is 25.5 Å². The van der Waals surface area contributed by atoms with Gasteiger partial charge in [-0.1, -0.05) is 6.07 Å². The lowest BCUT2D eigenvalue weighted by Crippen LogP contribution is -2.33. The Kier molecular flexibility index (Phi) is 3.29. The maximum atomic E-state index is 11.6. The molecule has 2 heterocycles. The van der Waals surface area contributed by atoms with Crippen molar-refractivity contribution >= 4 is 5.91 Å². The summed E-state index contributed by atoms with van der Waals surface area (Å²) in [5.41, 5.74) is 0.865. The fourth-order valence-electron chi connectivity index (χ4n) is 1.58. The molecule has 15 heavy (non-hydrogen) atoms. The van der Waals surface area contributed by atoms with Gasteiger partial charge in [-0.05, 0) is 25.0 Å². The first-order valence-electron chi connectivity index (χ1n) is 5.15. The molecule has 0 aromatic carbocycles. The predicted molar refractivity (Wildman–Crippen MR) is 55.1 cm³/mol. The second-order valence-electron chi connectivity index (χ2n) is 3.54. The number of hydrogen-bond acceptors (Lipinski definition) is 3. The minimum Gasteiger partial charge on any atom is -0.368 e. The quantitative estimate of drug-likeness (QED) is 0.798. The van der Waals surface area contributed by atoms with Crippen LogP contribution in [-0.2, 0) is 16.1 Å². The van der Waals surface area contributed by atoms with Gasteiger partial charge >= 0.3 is 0 Å². The summed E-state index contributed by atoms with van der Waals surface area (Å²) >= 11 is 0. The minimum atomic E-state index is -0.256. The van der Waals surface area contributed by atoms with Gasteiger partial charge in [0, 0.05) is 12.8 Å². The lowest BCUT2D eigenvalue weighted by molar-refractivity contribution is -0.130. The Morgan fingerprint density at radius 2 is 2.53 bits per heavy atom. The smallest absolute Gasteiger partial charge is 0.249 e. The van der Waals surface area contributed by atoms with Gasteiger partial charge in [-0.25, -0.2) is 0 Å². The average molecular weight is 206 g/mol. The normalized spacial score (nSPS) is 20.1. The molecule has 1 saturated heterocycles. The molecule has 1 aliphatic rings. The molecule has 1 N–H and O–H groups in total. The molecule has 1 atom stereocenters. The van der Waals surface area contributed by atoms with Crippen LogP contribution in [0.15, 0.2) is 24.4 Å². The third-order valence-corrected chi connectivity index (χ3v) is 2.39. The summed E-state index contributed by atoms with van der Waals surface area (Å²) in [5, 5.41) is 2.81. The number of carbonyl (C=O) groups is 1. The lowest BCUT2D eigenvalue weighted by atomic mass is 10.2. The van der Waals surface area contributed by atoms with E-state index in [1.54, 1.807) is 6.20 Å². The van der Waals surface area contributed by atoms with E-state index in [0.29, 0.717) is 13.2 Å². The Labute approximate surface area is 88.7 Å². The number of amides is 1. The molecule has 2 rings (SSSR count). The molecule has 0 aliphatic carbocycles. The summed E-state index contributed by atoms with van der Waals surface area (Å²) in [4.78, 5) is 15.7. The highest BCUT2D eigenvalue weighted by molar-refractivity contribution is 5.80. The van der Waals surface area contributed by atoms with Gasteiger partial charge in [-0.15, -0.1) is 0 Å². The molecule has 1 aromatic rings. The zero-order valence-electron chi connectivity index (χ0n) is 8.48. The average Bonchev–Trinajstić information content (AvgIpc) is 2.81. The Morgan fingerprint density at radius 1 is 1.60 bits per heavy atom. The van der Waals surface area contributed by atoms with Crippen LogP contribution in [0.4, 0.5) is 0 Å². The van der Waals surface area contributed by atoms with Gasteiger partial charge in [-0.2, -0.15) is 0 Å². The molecule has 1 fully saturated rings. The Morgan fingerprint density at radius 3 is 3.20 bits per heavy atom. The third kappa shape index (κ3) is 2.76. The lowest BCUT2D eigenvalue weighted by Gasteiger charge is -2.09. The van der Waals surface area contributed by atoms with Crippen LogP contribution in [0.25, 0.3) is 0 Å². The van der Waals surface area contributed by atoms with Crippen LogP contribution < -0.4 is 5.32 Å². The van der Waals surface area contributed by atoms with Crippen LogP contribution in [0.2, 0.25) is 0 Å². The summed E-state index contributed by atoms with van der Waals surface area (Å²) in [6.45, 7) is 1.17. The Hall–Kier alpha value is -1.42. The van der Waals surface area contributed by atoms with Crippen molar-refractivity contribution < 1.29 is 9.53 Å². The fraction of sp³-hybridized carbons (Fsp3) is 0.455. The van der Waals surface area contributed by atoms with Crippen LogP contribution in [-0.4, -0.2) is 23.6 Å². The highest BCUT2D eigenvalue weighted by Crippen LogP contribution is 2.11. The minimum absolute atomic E-state index is 0.0295. The van der Waals surface area contributed by atoms with Crippen molar-refractivity contribution in [1.82, 2.24) is 10.3 Å². The molecule has 80 valence electrons. The molecule has 1 amide bonds. The number of hydrogen-bond donors (Lipinski definition) is 1. The van der Waals surface area contributed by atoms with Gasteiger partial charge in [0.15, 0.2) is 0 Å². The molecule has 4 nitrogen and oxygen atoms in total. The molecular formula is C11H14N2O2. The molecule has 0 radical (unpaired) electrons. The summed E-state index contributed by atoms with van der Waals surface area (Å²) < 4.78 is 5.27. The second kappa shape index (κ2) is 4.89. The first-order chi connectivity index (χ1) is 7.36. The van der Waals surface area contributed by atoms with E-state index in [1.807, 2.05) is 18.2 Å². The molecule has 0 saturated carbocycles. The summed E-state index contributed by atoms with van der Waals surface area (Å²) in [6, 6.07) is 5.64. The largest absolute Gasteiger partial charge is 0.368 e. The Bertz CT molecular complexity index is 321. The van der Waals surface area contributed by atoms with E-state index < -0.39 is 0 Å². The van der Waals surface area contributed by atoms with Gasteiger partial charge < -0.3 is 10.1 Å². The number of carbonyl (C=O) groups excluding carboxylic acids is 1. The topological polar surface area (TPSA) is 51.2 Å². The highest BCUT2D eigenvalue weighted by Gasteiger charge is 2.22. The maximum absolute atomic E-state index is 11.6. The van der Waals surface area contributed by atoms with Gasteiger partial charge in [0.1, 0.15) is 6.10 Å². The molecule has 1 aliphatic heterocycles. The molecule has 4 heteroatoms. The van der Waals surface area contributed by atoms with Gasteiger partial charge in [0.25, 0.3) is 0 Å². The Balaban J connectivity index is 1.80. The van der Waals surface area contributed by atoms with Crippen LogP contribution in [0.3, 0.4) is 0 Å². The van der Waals surface area contributed by atoms with Gasteiger partial charge in [-0.3, -0.25) is 9.78 Å². The number of nitrogens with zero attached hydrogens (tertiary/aromatic N) is 1. The predicted octanol–water partition coefficient (Wildman–Crippen LogP) is 0.877. The van der Waals surface area contributed by atoms with Gasteiger partial charge in [0.2, 0.25) is 5.91 Å². The fourth-order valence-corrected chi connectivity index (χ4v) is 1.58. The number of aromatic nitrogens is 1. The van der Waals surface area contributed by atoms with Gasteiger partial charge in [0.05, 0.1) is 12.2 Å². The van der Waals surface area contributed by atoms with Crippen LogP contribution in [0, 0.1) is 0 Å². The van der Waals surface area contributed by atoms with E-state index in [4.69, 9.17) is 4.74 Å². The monoisotopic (exact) mass is 206 g/mol. The third-order valence-electron chi connectivity index (χ3n) is 2.39. The van der Waals surface area contributed by atoms with E-state index in [-0.39, 0.29) is 12.0 Å². The van der Waals surface area contributed by atoms with E-state index in [0.717, 1.165) is 18.5 Å².